The number of likely N-dealkylation sites (tertiary alicyclic amines) is 1. The molecule has 0 saturated carbocycles. The molecule has 6 atom stereocenters. The minimum Gasteiger partial charge on any atom is -0.481 e. The molecule has 5 rings (SSSR count). The molecule has 0 aliphatic carbocycles. The Kier molecular flexibility index (Phi) is 5.69. The second kappa shape index (κ2) is 8.43. The van der Waals surface area contributed by atoms with E-state index in [0.29, 0.717) is 11.9 Å². The number of β-amino-alcohol motifs (C(OH)–C–C–N with tert-alkyl or cyclic N) is 1. The highest BCUT2D eigenvalue weighted by Gasteiger charge is 2.76. The summed E-state index contributed by atoms with van der Waals surface area (Å²) in [6, 6.07) is 6.26. The fourth-order valence-electron chi connectivity index (χ4n) is 5.77. The number of nitrogens with zero attached hydrogens (tertiary/aromatic N) is 5. The zero-order chi connectivity index (χ0) is 24.2. The van der Waals surface area contributed by atoms with Crippen LogP contribution in [0.15, 0.2) is 36.9 Å². The standard InChI is InChI=1S/C22H24BrN5O6/c1-2-7-26(11-28-14-6-4-3-5-13(14)24-25-28)20(31)18-22-10-12(23)17(34-22)15(21(32)33)16(22)19(30)27(18)8-9-29/h2-6,12,15-18,29H,1,7-11H2,(H,32,33)/t12?,15-,16-,17-,18?,22?/m0/s1. The van der Waals surface area contributed by atoms with Gasteiger partial charge in [0.1, 0.15) is 23.8 Å². The van der Waals surface area contributed by atoms with Crippen molar-refractivity contribution in [3.63, 3.8) is 0 Å². The summed E-state index contributed by atoms with van der Waals surface area (Å²) in [6.45, 7) is 3.49. The second-order valence-corrected chi connectivity index (χ2v) is 10.0. The first kappa shape index (κ1) is 22.9. The maximum absolute atomic E-state index is 14.0. The number of halogens is 1. The lowest BCUT2D eigenvalue weighted by Crippen LogP contribution is -2.57. The lowest BCUT2D eigenvalue weighted by Gasteiger charge is -2.36. The van der Waals surface area contributed by atoms with Crippen LogP contribution in [0.2, 0.25) is 0 Å². The van der Waals surface area contributed by atoms with Crippen LogP contribution in [0.5, 0.6) is 0 Å². The molecule has 12 heteroatoms. The summed E-state index contributed by atoms with van der Waals surface area (Å²) in [5, 5.41) is 27.8. The van der Waals surface area contributed by atoms with Crippen molar-refractivity contribution < 1.29 is 29.3 Å². The largest absolute Gasteiger partial charge is 0.481 e. The first-order valence-corrected chi connectivity index (χ1v) is 11.9. The number of aliphatic hydroxyl groups is 1. The van der Waals surface area contributed by atoms with Gasteiger partial charge in [-0.05, 0) is 18.6 Å². The van der Waals surface area contributed by atoms with Crippen LogP contribution in [-0.4, -0.2) is 95.1 Å². The molecule has 2 N–H and O–H groups in total. The fourth-order valence-corrected chi connectivity index (χ4v) is 6.71. The van der Waals surface area contributed by atoms with E-state index in [2.05, 4.69) is 32.8 Å². The van der Waals surface area contributed by atoms with Crippen LogP contribution in [0.25, 0.3) is 11.0 Å². The summed E-state index contributed by atoms with van der Waals surface area (Å²) in [5.74, 6) is -4.11. The molecule has 34 heavy (non-hydrogen) atoms. The van der Waals surface area contributed by atoms with Gasteiger partial charge in [-0.3, -0.25) is 14.4 Å². The number of aliphatic hydroxyl groups excluding tert-OH is 1. The molecule has 11 nitrogen and oxygen atoms in total. The number of aromatic nitrogens is 3. The molecule has 0 radical (unpaired) electrons. The van der Waals surface area contributed by atoms with Crippen molar-refractivity contribution in [3.05, 3.63) is 36.9 Å². The molecule has 3 aliphatic rings. The molecule has 1 aromatic carbocycles. The quantitative estimate of drug-likeness (QED) is 0.363. The van der Waals surface area contributed by atoms with E-state index < -0.39 is 47.4 Å². The Balaban J connectivity index is 1.54. The molecule has 1 spiro atoms. The van der Waals surface area contributed by atoms with Crippen molar-refractivity contribution in [2.24, 2.45) is 11.8 Å². The van der Waals surface area contributed by atoms with E-state index in [1.807, 2.05) is 24.3 Å². The maximum atomic E-state index is 14.0. The molecule has 3 unspecified atom stereocenters. The number of carbonyl (C=O) groups excluding carboxylic acids is 2. The lowest BCUT2D eigenvalue weighted by molar-refractivity contribution is -0.151. The summed E-state index contributed by atoms with van der Waals surface area (Å²) in [6.07, 6.45) is 1.16. The van der Waals surface area contributed by atoms with Crippen molar-refractivity contribution in [2.45, 2.75) is 35.7 Å². The first-order valence-electron chi connectivity index (χ1n) is 11.0. The molecule has 2 bridgehead atoms. The number of alkyl halides is 1. The molecule has 180 valence electrons. The number of amides is 2. The second-order valence-electron chi connectivity index (χ2n) is 8.83. The third-order valence-electron chi connectivity index (χ3n) is 7.04. The van der Waals surface area contributed by atoms with E-state index in [1.54, 1.807) is 10.8 Å². The van der Waals surface area contributed by atoms with Crippen molar-refractivity contribution in [1.82, 2.24) is 24.8 Å². The van der Waals surface area contributed by atoms with Gasteiger partial charge >= 0.3 is 5.97 Å². The molecule has 3 aliphatic heterocycles. The predicted molar refractivity (Wildman–Crippen MR) is 122 cm³/mol. The fraction of sp³-hybridized carbons (Fsp3) is 0.500. The Bertz CT molecular complexity index is 1170. The Hall–Kier alpha value is -2.83. The summed E-state index contributed by atoms with van der Waals surface area (Å²) in [5.41, 5.74) is 0.114. The summed E-state index contributed by atoms with van der Waals surface area (Å²) in [7, 11) is 0. The van der Waals surface area contributed by atoms with Gasteiger partial charge in [-0.1, -0.05) is 39.4 Å². The average Bonchev–Trinajstić information content (AvgIpc) is 3.51. The monoisotopic (exact) mass is 533 g/mol. The van der Waals surface area contributed by atoms with E-state index in [9.17, 15) is 24.6 Å². The Morgan fingerprint density at radius 3 is 2.85 bits per heavy atom. The van der Waals surface area contributed by atoms with Crippen molar-refractivity contribution in [2.75, 3.05) is 19.7 Å². The molecule has 2 aromatic rings. The maximum Gasteiger partial charge on any atom is 0.310 e. The topological polar surface area (TPSA) is 138 Å². The smallest absolute Gasteiger partial charge is 0.310 e. The number of carboxylic acid groups (broad SMARTS) is 1. The zero-order valence-corrected chi connectivity index (χ0v) is 19.7. The molecule has 2 amide bonds. The third-order valence-corrected chi connectivity index (χ3v) is 7.88. The van der Waals surface area contributed by atoms with Crippen LogP contribution in [-0.2, 0) is 25.8 Å². The molecule has 3 saturated heterocycles. The number of carboxylic acids is 1. The van der Waals surface area contributed by atoms with E-state index in [1.165, 1.54) is 9.80 Å². The minimum absolute atomic E-state index is 0.0489. The Morgan fingerprint density at radius 1 is 1.38 bits per heavy atom. The van der Waals surface area contributed by atoms with Gasteiger partial charge < -0.3 is 24.7 Å². The molecular formula is C22H24BrN5O6. The van der Waals surface area contributed by atoms with Gasteiger partial charge in [0.05, 0.1) is 30.1 Å². The average molecular weight is 534 g/mol. The van der Waals surface area contributed by atoms with Gasteiger partial charge in [0.15, 0.2) is 0 Å². The minimum atomic E-state index is -1.30. The number of ether oxygens (including phenoxy) is 1. The van der Waals surface area contributed by atoms with Gasteiger partial charge in [0.25, 0.3) is 0 Å². The summed E-state index contributed by atoms with van der Waals surface area (Å²) < 4.78 is 7.79. The molecular weight excluding hydrogens is 510 g/mol. The highest BCUT2D eigenvalue weighted by molar-refractivity contribution is 9.09. The van der Waals surface area contributed by atoms with Crippen LogP contribution >= 0.6 is 15.9 Å². The number of fused-ring (bicyclic) bond motifs is 2. The number of rotatable bonds is 8. The van der Waals surface area contributed by atoms with Crippen LogP contribution < -0.4 is 0 Å². The van der Waals surface area contributed by atoms with Gasteiger partial charge in [0, 0.05) is 17.9 Å². The highest BCUT2D eigenvalue weighted by Crippen LogP contribution is 2.60. The van der Waals surface area contributed by atoms with Gasteiger partial charge in [-0.25, -0.2) is 4.68 Å². The molecule has 4 heterocycles. The summed E-state index contributed by atoms with van der Waals surface area (Å²) >= 11 is 3.50. The number of hydrogen-bond acceptors (Lipinski definition) is 7. The van der Waals surface area contributed by atoms with E-state index >= 15 is 0 Å². The van der Waals surface area contributed by atoms with Crippen LogP contribution in [0.1, 0.15) is 6.42 Å². The Labute approximate surface area is 203 Å². The predicted octanol–water partition coefficient (Wildman–Crippen LogP) is 0.228. The number of hydrogen-bond donors (Lipinski definition) is 2. The molecule has 3 fully saturated rings. The zero-order valence-electron chi connectivity index (χ0n) is 18.2. The van der Waals surface area contributed by atoms with Crippen LogP contribution in [0.3, 0.4) is 0 Å². The number of benzene rings is 1. The Morgan fingerprint density at radius 2 is 2.15 bits per heavy atom. The number of carbonyl (C=O) groups is 3. The van der Waals surface area contributed by atoms with E-state index in [0.717, 1.165) is 5.52 Å². The highest BCUT2D eigenvalue weighted by atomic mass is 79.9. The van der Waals surface area contributed by atoms with E-state index in [-0.39, 0.29) is 31.2 Å². The van der Waals surface area contributed by atoms with Crippen LogP contribution in [0.4, 0.5) is 0 Å². The molecule has 1 aromatic heterocycles. The summed E-state index contributed by atoms with van der Waals surface area (Å²) in [4.78, 5) is 42.0. The van der Waals surface area contributed by atoms with Gasteiger partial charge in [-0.15, -0.1) is 11.7 Å². The SMILES string of the molecule is C=CCN(Cn1nnc2ccccc21)C(=O)C1N(CCO)C(=O)[C@@H]2[C@H](C(=O)O)[C@H]3OC12CC3Br. The third kappa shape index (κ3) is 3.19. The van der Waals surface area contributed by atoms with E-state index in [4.69, 9.17) is 4.74 Å². The van der Waals surface area contributed by atoms with Crippen LogP contribution in [0, 0.1) is 11.8 Å². The normalized spacial score (nSPS) is 31.8. The van der Waals surface area contributed by atoms with Gasteiger partial charge in [-0.2, -0.15) is 0 Å². The lowest BCUT2D eigenvalue weighted by atomic mass is 9.70. The number of aliphatic carboxylic acids is 1. The van der Waals surface area contributed by atoms with Crippen molar-refractivity contribution in [1.29, 1.82) is 0 Å². The van der Waals surface area contributed by atoms with Crippen molar-refractivity contribution in [3.8, 4) is 0 Å². The van der Waals surface area contributed by atoms with Crippen molar-refractivity contribution >= 4 is 44.7 Å². The number of para-hydroxylation sites is 1. The first-order chi connectivity index (χ1) is 16.3. The van der Waals surface area contributed by atoms with Gasteiger partial charge in [0.2, 0.25) is 11.8 Å².